The normalized spacial score (nSPS) is 21.7. The predicted molar refractivity (Wildman–Crippen MR) is 103 cm³/mol. The molecule has 2 aliphatic rings. The Morgan fingerprint density at radius 1 is 0.692 bits per heavy atom. The van der Waals surface area contributed by atoms with Crippen molar-refractivity contribution in [1.82, 2.24) is 0 Å². The van der Waals surface area contributed by atoms with Crippen molar-refractivity contribution in [2.24, 2.45) is 0 Å². The van der Waals surface area contributed by atoms with Crippen LogP contribution in [0, 0.1) is 0 Å². The van der Waals surface area contributed by atoms with E-state index in [0.717, 1.165) is 51.4 Å². The average molecular weight is 360 g/mol. The van der Waals surface area contributed by atoms with Crippen molar-refractivity contribution in [3.05, 3.63) is 37.5 Å². The summed E-state index contributed by atoms with van der Waals surface area (Å²) in [5.74, 6) is -0.959. The van der Waals surface area contributed by atoms with Crippen molar-refractivity contribution in [3.8, 4) is 0 Å². The highest BCUT2D eigenvalue weighted by molar-refractivity contribution is 5.92. The van der Waals surface area contributed by atoms with E-state index in [4.69, 9.17) is 9.47 Å². The largest absolute Gasteiger partial charge is 0.456 e. The number of esters is 2. The minimum atomic E-state index is -0.480. The second-order valence-corrected chi connectivity index (χ2v) is 7.65. The molecule has 0 aromatic heterocycles. The molecule has 0 saturated heterocycles. The van der Waals surface area contributed by atoms with Gasteiger partial charge in [-0.1, -0.05) is 25.0 Å². The van der Waals surface area contributed by atoms with Crippen LogP contribution in [0.4, 0.5) is 0 Å². The van der Waals surface area contributed by atoms with Crippen molar-refractivity contribution in [2.45, 2.75) is 88.3 Å². The van der Waals surface area contributed by atoms with Gasteiger partial charge in [0.2, 0.25) is 0 Å². The molecule has 0 heterocycles. The molecule has 0 aromatic carbocycles. The van der Waals surface area contributed by atoms with Gasteiger partial charge in [0.1, 0.15) is 11.2 Å². The highest BCUT2D eigenvalue weighted by atomic mass is 16.6. The second-order valence-electron chi connectivity index (χ2n) is 7.65. The molecule has 0 amide bonds. The molecule has 4 nitrogen and oxygen atoms in total. The fourth-order valence-corrected chi connectivity index (χ4v) is 4.24. The maximum absolute atomic E-state index is 12.2. The number of rotatable bonds is 8. The van der Waals surface area contributed by atoms with E-state index in [1.165, 1.54) is 25.0 Å². The third-order valence-corrected chi connectivity index (χ3v) is 5.55. The Morgan fingerprint density at radius 3 is 1.35 bits per heavy atom. The molecular weight excluding hydrogens is 328 g/mol. The summed E-state index contributed by atoms with van der Waals surface area (Å²) in [4.78, 5) is 24.5. The van der Waals surface area contributed by atoms with Gasteiger partial charge < -0.3 is 9.47 Å². The summed E-state index contributed by atoms with van der Waals surface area (Å²) in [6.07, 6.45) is 17.3. The van der Waals surface area contributed by atoms with E-state index in [0.29, 0.717) is 12.8 Å². The summed E-state index contributed by atoms with van der Waals surface area (Å²) in [5.41, 5.74) is -0.919. The van der Waals surface area contributed by atoms with Crippen molar-refractivity contribution >= 4 is 11.9 Å². The van der Waals surface area contributed by atoms with Crippen LogP contribution in [0.2, 0.25) is 0 Å². The third kappa shape index (κ3) is 5.86. The van der Waals surface area contributed by atoms with E-state index in [9.17, 15) is 9.59 Å². The molecular formula is C22H32O4. The SMILES string of the molecule is C=CCC1(OC(=O)/C=C\C(=O)OC2(CC=C)CCCCC2)CCCCC1. The number of carbonyl (C=O) groups is 2. The number of hydrogen-bond donors (Lipinski definition) is 0. The first-order chi connectivity index (χ1) is 12.5. The Kier molecular flexibility index (Phi) is 7.67. The minimum absolute atomic E-state index is 0.460. The zero-order chi connectivity index (χ0) is 18.9. The maximum atomic E-state index is 12.2. The number of hydrogen-bond acceptors (Lipinski definition) is 4. The van der Waals surface area contributed by atoms with Crippen LogP contribution in [-0.4, -0.2) is 23.1 Å². The van der Waals surface area contributed by atoms with Gasteiger partial charge in [0.15, 0.2) is 0 Å². The Morgan fingerprint density at radius 2 is 1.04 bits per heavy atom. The van der Waals surface area contributed by atoms with Gasteiger partial charge >= 0.3 is 11.9 Å². The molecule has 0 aromatic rings. The molecule has 0 aliphatic heterocycles. The molecule has 26 heavy (non-hydrogen) atoms. The summed E-state index contributed by atoms with van der Waals surface area (Å²) in [6.45, 7) is 7.56. The van der Waals surface area contributed by atoms with Crippen molar-refractivity contribution in [1.29, 1.82) is 0 Å². The summed E-state index contributed by atoms with van der Waals surface area (Å²) < 4.78 is 11.4. The van der Waals surface area contributed by atoms with Crippen LogP contribution < -0.4 is 0 Å². The van der Waals surface area contributed by atoms with Crippen molar-refractivity contribution < 1.29 is 19.1 Å². The Hall–Kier alpha value is -1.84. The molecule has 0 unspecified atom stereocenters. The quantitative estimate of drug-likeness (QED) is 0.340. The molecule has 0 atom stereocenters. The van der Waals surface area contributed by atoms with Gasteiger partial charge in [0, 0.05) is 25.0 Å². The average Bonchev–Trinajstić information content (AvgIpc) is 2.62. The Labute approximate surface area is 157 Å². The predicted octanol–water partition coefficient (Wildman–Crippen LogP) is 5.19. The van der Waals surface area contributed by atoms with Gasteiger partial charge in [-0.05, 0) is 51.4 Å². The van der Waals surface area contributed by atoms with Crippen LogP contribution >= 0.6 is 0 Å². The first kappa shape index (κ1) is 20.5. The van der Waals surface area contributed by atoms with Crippen molar-refractivity contribution in [3.63, 3.8) is 0 Å². The first-order valence-corrected chi connectivity index (χ1v) is 9.89. The number of carbonyl (C=O) groups excluding carboxylic acids is 2. The van der Waals surface area contributed by atoms with Gasteiger partial charge in [-0.25, -0.2) is 9.59 Å². The van der Waals surface area contributed by atoms with Crippen LogP contribution in [0.25, 0.3) is 0 Å². The molecule has 0 bridgehead atoms. The van der Waals surface area contributed by atoms with Gasteiger partial charge in [0.25, 0.3) is 0 Å². The molecule has 0 N–H and O–H groups in total. The lowest BCUT2D eigenvalue weighted by atomic mass is 9.82. The fraction of sp³-hybridized carbons (Fsp3) is 0.636. The highest BCUT2D eigenvalue weighted by Gasteiger charge is 2.35. The lowest BCUT2D eigenvalue weighted by Crippen LogP contribution is -2.37. The van der Waals surface area contributed by atoms with E-state index in [2.05, 4.69) is 13.2 Å². The number of ether oxygens (including phenoxy) is 2. The summed E-state index contributed by atoms with van der Waals surface area (Å²) in [5, 5.41) is 0. The van der Waals surface area contributed by atoms with Crippen molar-refractivity contribution in [2.75, 3.05) is 0 Å². The second kappa shape index (κ2) is 9.75. The van der Waals surface area contributed by atoms with Crippen LogP contribution in [-0.2, 0) is 19.1 Å². The lowest BCUT2D eigenvalue weighted by Gasteiger charge is -2.36. The monoisotopic (exact) mass is 360 g/mol. The van der Waals surface area contributed by atoms with Gasteiger partial charge in [-0.15, -0.1) is 13.2 Å². The van der Waals surface area contributed by atoms with E-state index in [1.807, 2.05) is 0 Å². The van der Waals surface area contributed by atoms with Gasteiger partial charge in [-0.3, -0.25) is 0 Å². The molecule has 2 aliphatic carbocycles. The van der Waals surface area contributed by atoms with Crippen LogP contribution in [0.15, 0.2) is 37.5 Å². The molecule has 2 saturated carbocycles. The van der Waals surface area contributed by atoms with Gasteiger partial charge in [0.05, 0.1) is 0 Å². The van der Waals surface area contributed by atoms with E-state index in [-0.39, 0.29) is 0 Å². The first-order valence-electron chi connectivity index (χ1n) is 9.89. The van der Waals surface area contributed by atoms with E-state index >= 15 is 0 Å². The summed E-state index contributed by atoms with van der Waals surface area (Å²) >= 11 is 0. The minimum Gasteiger partial charge on any atom is -0.456 e. The molecule has 2 rings (SSSR count). The lowest BCUT2D eigenvalue weighted by molar-refractivity contribution is -0.159. The maximum Gasteiger partial charge on any atom is 0.331 e. The van der Waals surface area contributed by atoms with Crippen LogP contribution in [0.3, 0.4) is 0 Å². The fourth-order valence-electron chi connectivity index (χ4n) is 4.24. The van der Waals surface area contributed by atoms with Gasteiger partial charge in [-0.2, -0.15) is 0 Å². The molecule has 2 fully saturated rings. The van der Waals surface area contributed by atoms with Crippen LogP contribution in [0.1, 0.15) is 77.0 Å². The molecule has 0 radical (unpaired) electrons. The standard InChI is InChI=1S/C22H32O4/c1-3-13-21(15-7-5-8-16-21)25-19(23)11-12-20(24)26-22(14-4-2)17-9-6-10-18-22/h3-4,11-12H,1-2,5-10,13-18H2/b12-11-. The third-order valence-electron chi connectivity index (χ3n) is 5.55. The molecule has 4 heteroatoms. The van der Waals surface area contributed by atoms with E-state index < -0.39 is 23.1 Å². The summed E-state index contributed by atoms with van der Waals surface area (Å²) in [6, 6.07) is 0. The molecule has 144 valence electrons. The zero-order valence-corrected chi connectivity index (χ0v) is 15.8. The highest BCUT2D eigenvalue weighted by Crippen LogP contribution is 2.36. The Balaban J connectivity index is 1.92. The topological polar surface area (TPSA) is 52.6 Å². The zero-order valence-electron chi connectivity index (χ0n) is 15.8. The smallest absolute Gasteiger partial charge is 0.331 e. The Bertz CT molecular complexity index is 486. The van der Waals surface area contributed by atoms with E-state index in [1.54, 1.807) is 12.2 Å². The molecule has 0 spiro atoms. The summed E-state index contributed by atoms with van der Waals surface area (Å²) in [7, 11) is 0. The van der Waals surface area contributed by atoms with Crippen LogP contribution in [0.5, 0.6) is 0 Å².